The molecule has 2 rings (SSSR count). The first-order chi connectivity index (χ1) is 9.22. The summed E-state index contributed by atoms with van der Waals surface area (Å²) in [7, 11) is 0. The molecule has 1 aromatic carbocycles. The lowest BCUT2D eigenvalue weighted by Crippen LogP contribution is -2.58. The van der Waals surface area contributed by atoms with E-state index in [1.807, 2.05) is 25.1 Å². The van der Waals surface area contributed by atoms with Gasteiger partial charge in [0, 0.05) is 6.54 Å². The Kier molecular flexibility index (Phi) is 4.68. The maximum Gasteiger partial charge on any atom is 0.246 e. The van der Waals surface area contributed by atoms with Crippen LogP contribution >= 0.6 is 0 Å². The molecular formula is C15H20N2O2. The number of hydrogen-bond acceptors (Lipinski definition) is 3. The fourth-order valence-electron chi connectivity index (χ4n) is 2.34. The summed E-state index contributed by atoms with van der Waals surface area (Å²) in [5.74, 6) is -0.186. The smallest absolute Gasteiger partial charge is 0.246 e. The van der Waals surface area contributed by atoms with Crippen molar-refractivity contribution in [3.05, 3.63) is 35.9 Å². The number of carbonyl (C=O) groups is 2. The predicted molar refractivity (Wildman–Crippen MR) is 73.6 cm³/mol. The summed E-state index contributed by atoms with van der Waals surface area (Å²) < 4.78 is 0. The molecule has 1 aliphatic heterocycles. The predicted octanol–water partition coefficient (Wildman–Crippen LogP) is 1.36. The third-order valence-corrected chi connectivity index (χ3v) is 3.46. The van der Waals surface area contributed by atoms with Gasteiger partial charge in [0.05, 0.1) is 12.6 Å². The van der Waals surface area contributed by atoms with Crippen LogP contribution in [0.1, 0.15) is 25.3 Å². The second-order valence-corrected chi connectivity index (χ2v) is 4.81. The molecule has 1 atom stereocenters. The van der Waals surface area contributed by atoms with Crippen LogP contribution in [0.25, 0.3) is 0 Å². The van der Waals surface area contributed by atoms with Gasteiger partial charge in [-0.2, -0.15) is 0 Å². The van der Waals surface area contributed by atoms with Gasteiger partial charge in [-0.1, -0.05) is 37.3 Å². The minimum atomic E-state index is -0.200. The number of piperazine rings is 1. The van der Waals surface area contributed by atoms with E-state index in [1.165, 1.54) is 10.5 Å². The van der Waals surface area contributed by atoms with Gasteiger partial charge >= 0.3 is 0 Å². The average Bonchev–Trinajstić information content (AvgIpc) is 2.44. The van der Waals surface area contributed by atoms with Crippen LogP contribution in [0.5, 0.6) is 0 Å². The Labute approximate surface area is 113 Å². The van der Waals surface area contributed by atoms with Crippen molar-refractivity contribution in [3.8, 4) is 0 Å². The van der Waals surface area contributed by atoms with Gasteiger partial charge in [-0.3, -0.25) is 19.8 Å². The molecule has 19 heavy (non-hydrogen) atoms. The highest BCUT2D eigenvalue weighted by Gasteiger charge is 2.32. The van der Waals surface area contributed by atoms with Crippen LogP contribution in [0, 0.1) is 0 Å². The highest BCUT2D eigenvalue weighted by Crippen LogP contribution is 2.09. The fraction of sp³-hybridized carbons (Fsp3) is 0.467. The monoisotopic (exact) mass is 260 g/mol. The molecule has 4 nitrogen and oxygen atoms in total. The van der Waals surface area contributed by atoms with Gasteiger partial charge in [0.1, 0.15) is 0 Å². The molecule has 1 N–H and O–H groups in total. The molecule has 1 aliphatic rings. The standard InChI is InChI=1S/C15H20N2O2/c1-2-13-15(19)17(14(18)11-16-13)10-6-9-12-7-4-3-5-8-12/h3-5,7-8,13,16H,2,6,9-11H2,1H3. The quantitative estimate of drug-likeness (QED) is 0.813. The third-order valence-electron chi connectivity index (χ3n) is 3.46. The topological polar surface area (TPSA) is 49.4 Å². The van der Waals surface area contributed by atoms with Gasteiger partial charge in [0.15, 0.2) is 0 Å². The summed E-state index contributed by atoms with van der Waals surface area (Å²) >= 11 is 0. The van der Waals surface area contributed by atoms with Crippen molar-refractivity contribution in [3.63, 3.8) is 0 Å². The normalized spacial score (nSPS) is 19.8. The molecule has 0 aliphatic carbocycles. The van der Waals surface area contributed by atoms with Gasteiger partial charge in [0.2, 0.25) is 11.8 Å². The molecule has 1 aromatic rings. The summed E-state index contributed by atoms with van der Waals surface area (Å²) in [4.78, 5) is 25.2. The summed E-state index contributed by atoms with van der Waals surface area (Å²) in [5, 5.41) is 2.97. The van der Waals surface area contributed by atoms with Crippen LogP contribution in [0.2, 0.25) is 0 Å². The highest BCUT2D eigenvalue weighted by molar-refractivity contribution is 6.01. The van der Waals surface area contributed by atoms with Gasteiger partial charge in [-0.25, -0.2) is 0 Å². The van der Waals surface area contributed by atoms with Crippen LogP contribution in [-0.2, 0) is 16.0 Å². The number of amides is 2. The summed E-state index contributed by atoms with van der Waals surface area (Å²) in [5.41, 5.74) is 1.24. The third kappa shape index (κ3) is 3.41. The van der Waals surface area contributed by atoms with Gasteiger partial charge in [-0.15, -0.1) is 0 Å². The van der Waals surface area contributed by atoms with E-state index >= 15 is 0 Å². The highest BCUT2D eigenvalue weighted by atomic mass is 16.2. The van der Waals surface area contributed by atoms with Crippen LogP contribution in [0.15, 0.2) is 30.3 Å². The number of carbonyl (C=O) groups excluding carboxylic acids is 2. The van der Waals surface area contributed by atoms with Gasteiger partial charge in [0.25, 0.3) is 0 Å². The SMILES string of the molecule is CCC1NCC(=O)N(CCCc2ccccc2)C1=O. The van der Waals surface area contributed by atoms with Crippen molar-refractivity contribution in [2.24, 2.45) is 0 Å². The first kappa shape index (κ1) is 13.7. The second-order valence-electron chi connectivity index (χ2n) is 4.81. The summed E-state index contributed by atoms with van der Waals surface area (Å²) in [6, 6.07) is 9.92. The fourth-order valence-corrected chi connectivity index (χ4v) is 2.34. The zero-order valence-electron chi connectivity index (χ0n) is 11.3. The van der Waals surface area contributed by atoms with Crippen LogP contribution in [-0.4, -0.2) is 35.8 Å². The zero-order valence-corrected chi connectivity index (χ0v) is 11.3. The number of rotatable bonds is 5. The maximum absolute atomic E-state index is 12.1. The van der Waals surface area contributed by atoms with E-state index in [-0.39, 0.29) is 24.4 Å². The van der Waals surface area contributed by atoms with Crippen molar-refractivity contribution < 1.29 is 9.59 Å². The van der Waals surface area contributed by atoms with E-state index in [2.05, 4.69) is 17.4 Å². The Morgan fingerprint density at radius 1 is 1.26 bits per heavy atom. The van der Waals surface area contributed by atoms with E-state index < -0.39 is 0 Å². The van der Waals surface area contributed by atoms with Crippen LogP contribution < -0.4 is 5.32 Å². The van der Waals surface area contributed by atoms with E-state index in [1.54, 1.807) is 0 Å². The molecule has 1 saturated heterocycles. The lowest BCUT2D eigenvalue weighted by atomic mass is 10.1. The van der Waals surface area contributed by atoms with Crippen molar-refractivity contribution >= 4 is 11.8 Å². The summed E-state index contributed by atoms with van der Waals surface area (Å²) in [6.07, 6.45) is 2.43. The molecular weight excluding hydrogens is 240 g/mol. The molecule has 0 bridgehead atoms. The largest absolute Gasteiger partial charge is 0.297 e. The first-order valence-electron chi connectivity index (χ1n) is 6.84. The van der Waals surface area contributed by atoms with Gasteiger partial charge in [-0.05, 0) is 24.8 Å². The minimum absolute atomic E-state index is 0.0770. The van der Waals surface area contributed by atoms with Crippen molar-refractivity contribution in [1.82, 2.24) is 10.2 Å². The number of imide groups is 1. The molecule has 0 radical (unpaired) electrons. The van der Waals surface area contributed by atoms with Crippen molar-refractivity contribution in [2.75, 3.05) is 13.1 Å². The van der Waals surface area contributed by atoms with Crippen LogP contribution in [0.4, 0.5) is 0 Å². The Bertz CT molecular complexity index is 445. The van der Waals surface area contributed by atoms with E-state index in [0.29, 0.717) is 6.54 Å². The van der Waals surface area contributed by atoms with E-state index in [0.717, 1.165) is 19.3 Å². The van der Waals surface area contributed by atoms with E-state index in [4.69, 9.17) is 0 Å². The molecule has 1 unspecified atom stereocenters. The lowest BCUT2D eigenvalue weighted by molar-refractivity contribution is -0.149. The molecule has 102 valence electrons. The second kappa shape index (κ2) is 6.48. The maximum atomic E-state index is 12.1. The van der Waals surface area contributed by atoms with Crippen molar-refractivity contribution in [1.29, 1.82) is 0 Å². The number of aryl methyl sites for hydroxylation is 1. The minimum Gasteiger partial charge on any atom is -0.297 e. The molecule has 0 spiro atoms. The number of nitrogens with zero attached hydrogens (tertiary/aromatic N) is 1. The van der Waals surface area contributed by atoms with Crippen LogP contribution in [0.3, 0.4) is 0 Å². The first-order valence-corrected chi connectivity index (χ1v) is 6.84. The molecule has 2 amide bonds. The Hall–Kier alpha value is -1.68. The number of benzene rings is 1. The van der Waals surface area contributed by atoms with E-state index in [9.17, 15) is 9.59 Å². The molecule has 1 heterocycles. The molecule has 0 saturated carbocycles. The number of nitrogens with one attached hydrogen (secondary N) is 1. The molecule has 4 heteroatoms. The Morgan fingerprint density at radius 3 is 2.68 bits per heavy atom. The van der Waals surface area contributed by atoms with Crippen molar-refractivity contribution in [2.45, 2.75) is 32.2 Å². The summed E-state index contributed by atoms with van der Waals surface area (Å²) in [6.45, 7) is 2.74. The molecule has 1 fully saturated rings. The number of hydrogen-bond donors (Lipinski definition) is 1. The van der Waals surface area contributed by atoms with Gasteiger partial charge < -0.3 is 0 Å². The zero-order chi connectivity index (χ0) is 13.7. The molecule has 0 aromatic heterocycles. The average molecular weight is 260 g/mol. The lowest BCUT2D eigenvalue weighted by Gasteiger charge is -2.31. The Balaban J connectivity index is 1.87. The Morgan fingerprint density at radius 2 is 2.00 bits per heavy atom.